The molecule has 1 aliphatic heterocycles. The molecule has 2 fully saturated rings. The molecule has 0 aromatic carbocycles. The van der Waals surface area contributed by atoms with Crippen LogP contribution in [0.1, 0.15) is 19.3 Å². The molecule has 0 N–H and O–H groups in total. The molecule has 0 aromatic heterocycles. The number of rotatable bonds is 1. The zero-order valence-corrected chi connectivity index (χ0v) is 6.08. The average Bonchev–Trinajstić information content (AvgIpc) is 2.70. The Bertz CT molecular complexity index is 167. The highest BCUT2D eigenvalue weighted by Gasteiger charge is 2.36. The van der Waals surface area contributed by atoms with Gasteiger partial charge in [-0.05, 0) is 12.8 Å². The van der Waals surface area contributed by atoms with E-state index in [-0.39, 0.29) is 0 Å². The molecule has 1 heterocycles. The fourth-order valence-corrected chi connectivity index (χ4v) is 1.64. The summed E-state index contributed by atoms with van der Waals surface area (Å²) < 4.78 is 0. The third kappa shape index (κ3) is 1.02. The van der Waals surface area contributed by atoms with Crippen LogP contribution in [-0.4, -0.2) is 30.1 Å². The first-order valence-electron chi connectivity index (χ1n) is 4.01. The van der Waals surface area contributed by atoms with E-state index in [4.69, 9.17) is 6.57 Å². The van der Waals surface area contributed by atoms with E-state index < -0.39 is 0 Å². The molecule has 1 atom stereocenters. The monoisotopic (exact) mass is 136 g/mol. The van der Waals surface area contributed by atoms with Crippen LogP contribution in [0, 0.1) is 6.57 Å². The highest BCUT2D eigenvalue weighted by atomic mass is 15.2. The molecule has 0 amide bonds. The van der Waals surface area contributed by atoms with E-state index >= 15 is 0 Å². The maximum Gasteiger partial charge on any atom is 0.237 e. The topological polar surface area (TPSA) is 7.60 Å². The van der Waals surface area contributed by atoms with E-state index in [0.717, 1.165) is 19.0 Å². The second kappa shape index (κ2) is 2.25. The third-order valence-electron chi connectivity index (χ3n) is 2.44. The first kappa shape index (κ1) is 6.18. The molecule has 2 nitrogen and oxygen atoms in total. The second-order valence-electron chi connectivity index (χ2n) is 3.30. The molecular weight excluding hydrogens is 124 g/mol. The van der Waals surface area contributed by atoms with Crippen molar-refractivity contribution in [3.05, 3.63) is 11.4 Å². The minimum atomic E-state index is 0.320. The fourth-order valence-electron chi connectivity index (χ4n) is 1.64. The van der Waals surface area contributed by atoms with Gasteiger partial charge in [0.05, 0.1) is 6.54 Å². The predicted octanol–water partition coefficient (Wildman–Crippen LogP) is 1.14. The summed E-state index contributed by atoms with van der Waals surface area (Å²) in [5.74, 6) is 0. The first-order chi connectivity index (χ1) is 4.90. The third-order valence-corrected chi connectivity index (χ3v) is 2.44. The smallest absolute Gasteiger partial charge is 0.237 e. The molecule has 1 saturated carbocycles. The SMILES string of the molecule is [C-]#[N+]C1CCN(C2CC2)C1. The molecule has 0 radical (unpaired) electrons. The molecule has 2 rings (SSSR count). The van der Waals surface area contributed by atoms with Crippen molar-refractivity contribution in [2.24, 2.45) is 0 Å². The molecule has 0 aromatic rings. The van der Waals surface area contributed by atoms with Crippen molar-refractivity contribution in [2.45, 2.75) is 31.3 Å². The zero-order chi connectivity index (χ0) is 6.97. The molecule has 10 heavy (non-hydrogen) atoms. The van der Waals surface area contributed by atoms with E-state index in [9.17, 15) is 0 Å². The van der Waals surface area contributed by atoms with E-state index in [1.54, 1.807) is 0 Å². The molecule has 1 aliphatic carbocycles. The van der Waals surface area contributed by atoms with Gasteiger partial charge in [0.15, 0.2) is 0 Å². The van der Waals surface area contributed by atoms with E-state index in [2.05, 4.69) is 9.74 Å². The van der Waals surface area contributed by atoms with Crippen LogP contribution in [0.3, 0.4) is 0 Å². The van der Waals surface area contributed by atoms with Gasteiger partial charge in [-0.15, -0.1) is 0 Å². The van der Waals surface area contributed by atoms with Crippen LogP contribution in [-0.2, 0) is 0 Å². The van der Waals surface area contributed by atoms with Crippen molar-refractivity contribution < 1.29 is 0 Å². The largest absolute Gasteiger partial charge is 0.312 e. The lowest BCUT2D eigenvalue weighted by atomic mass is 10.3. The van der Waals surface area contributed by atoms with Crippen molar-refractivity contribution in [3.63, 3.8) is 0 Å². The summed E-state index contributed by atoms with van der Waals surface area (Å²) in [5.41, 5.74) is 0. The Kier molecular flexibility index (Phi) is 1.39. The number of hydrogen-bond acceptors (Lipinski definition) is 1. The van der Waals surface area contributed by atoms with Gasteiger partial charge >= 0.3 is 0 Å². The highest BCUT2D eigenvalue weighted by Crippen LogP contribution is 2.30. The minimum absolute atomic E-state index is 0.320. The van der Waals surface area contributed by atoms with Gasteiger partial charge in [-0.1, -0.05) is 0 Å². The molecule has 54 valence electrons. The van der Waals surface area contributed by atoms with Gasteiger partial charge in [-0.3, -0.25) is 4.90 Å². The van der Waals surface area contributed by atoms with E-state index in [0.29, 0.717) is 6.04 Å². The van der Waals surface area contributed by atoms with E-state index in [1.807, 2.05) is 0 Å². The maximum absolute atomic E-state index is 6.85. The minimum Gasteiger partial charge on any atom is -0.312 e. The Hall–Kier alpha value is -0.550. The molecular formula is C8H12N2. The fraction of sp³-hybridized carbons (Fsp3) is 0.875. The van der Waals surface area contributed by atoms with Crippen LogP contribution in [0.2, 0.25) is 0 Å². The second-order valence-corrected chi connectivity index (χ2v) is 3.30. The Morgan fingerprint density at radius 2 is 2.10 bits per heavy atom. The number of nitrogens with zero attached hydrogens (tertiary/aromatic N) is 2. The van der Waals surface area contributed by atoms with Crippen molar-refractivity contribution in [3.8, 4) is 0 Å². The summed E-state index contributed by atoms with van der Waals surface area (Å²) in [6, 6.07) is 1.19. The van der Waals surface area contributed by atoms with Crippen molar-refractivity contribution in [1.29, 1.82) is 0 Å². The van der Waals surface area contributed by atoms with Gasteiger partial charge in [-0.25, -0.2) is 6.57 Å². The molecule has 2 heteroatoms. The lowest BCUT2D eigenvalue weighted by Gasteiger charge is -2.10. The van der Waals surface area contributed by atoms with Gasteiger partial charge in [0.1, 0.15) is 0 Å². The summed E-state index contributed by atoms with van der Waals surface area (Å²) in [6.45, 7) is 9.08. The van der Waals surface area contributed by atoms with Gasteiger partial charge in [0.25, 0.3) is 0 Å². The summed E-state index contributed by atoms with van der Waals surface area (Å²) in [4.78, 5) is 6.03. The Labute approximate surface area is 61.6 Å². The standard InChI is InChI=1S/C8H12N2/c1-9-7-4-5-10(6-7)8-2-3-8/h7-8H,2-6H2. The number of hydrogen-bond donors (Lipinski definition) is 0. The van der Waals surface area contributed by atoms with Gasteiger partial charge in [-0.2, -0.15) is 0 Å². The normalized spacial score (nSPS) is 34.1. The Balaban J connectivity index is 1.87. The first-order valence-corrected chi connectivity index (χ1v) is 4.01. The highest BCUT2D eigenvalue weighted by molar-refractivity contribution is 4.95. The van der Waals surface area contributed by atoms with Crippen molar-refractivity contribution in [2.75, 3.05) is 13.1 Å². The van der Waals surface area contributed by atoms with Crippen molar-refractivity contribution in [1.82, 2.24) is 4.90 Å². The lowest BCUT2D eigenvalue weighted by molar-refractivity contribution is 0.327. The Morgan fingerprint density at radius 1 is 1.30 bits per heavy atom. The van der Waals surface area contributed by atoms with Crippen LogP contribution in [0.5, 0.6) is 0 Å². The van der Waals surface area contributed by atoms with Crippen molar-refractivity contribution >= 4 is 0 Å². The summed E-state index contributed by atoms with van der Waals surface area (Å²) in [6.07, 6.45) is 3.87. The van der Waals surface area contributed by atoms with Gasteiger partial charge in [0, 0.05) is 19.0 Å². The molecule has 1 unspecified atom stereocenters. The predicted molar refractivity (Wildman–Crippen MR) is 39.6 cm³/mol. The average molecular weight is 136 g/mol. The van der Waals surface area contributed by atoms with Crippen LogP contribution in [0.4, 0.5) is 0 Å². The Morgan fingerprint density at radius 3 is 2.60 bits per heavy atom. The quantitative estimate of drug-likeness (QED) is 0.490. The molecule has 0 spiro atoms. The summed E-state index contributed by atoms with van der Waals surface area (Å²) in [5, 5.41) is 0. The zero-order valence-electron chi connectivity index (χ0n) is 6.08. The van der Waals surface area contributed by atoms with Crippen LogP contribution >= 0.6 is 0 Å². The maximum atomic E-state index is 6.85. The van der Waals surface area contributed by atoms with Crippen LogP contribution < -0.4 is 0 Å². The summed E-state index contributed by atoms with van der Waals surface area (Å²) in [7, 11) is 0. The molecule has 1 saturated heterocycles. The number of likely N-dealkylation sites (tertiary alicyclic amines) is 1. The van der Waals surface area contributed by atoms with Crippen LogP contribution in [0.25, 0.3) is 4.85 Å². The van der Waals surface area contributed by atoms with Gasteiger partial charge in [0.2, 0.25) is 6.04 Å². The molecule has 0 bridgehead atoms. The van der Waals surface area contributed by atoms with Crippen LogP contribution in [0.15, 0.2) is 0 Å². The summed E-state index contributed by atoms with van der Waals surface area (Å²) >= 11 is 0. The van der Waals surface area contributed by atoms with Gasteiger partial charge < -0.3 is 4.85 Å². The van der Waals surface area contributed by atoms with E-state index in [1.165, 1.54) is 19.4 Å². The lowest BCUT2D eigenvalue weighted by Crippen LogP contribution is -2.23. The molecule has 2 aliphatic rings.